The van der Waals surface area contributed by atoms with E-state index in [-0.39, 0.29) is 51.1 Å². The Morgan fingerprint density at radius 3 is 2.46 bits per heavy atom. The normalized spacial score (nSPS) is 17.0. The molecule has 0 spiro atoms. The fourth-order valence-corrected chi connectivity index (χ4v) is 5.40. The smallest absolute Gasteiger partial charge is 0.291 e. The summed E-state index contributed by atoms with van der Waals surface area (Å²) < 4.78 is 35.0. The molecule has 2 aliphatic rings. The van der Waals surface area contributed by atoms with Gasteiger partial charge in [0.05, 0.1) is 35.5 Å². The number of amides is 3. The number of hydrogen-bond donors (Lipinski definition) is 2. The van der Waals surface area contributed by atoms with Crippen molar-refractivity contribution in [2.75, 3.05) is 51.7 Å². The minimum absolute atomic E-state index is 0.00147. The monoisotopic (exact) mass is 586 g/mol. The van der Waals surface area contributed by atoms with Gasteiger partial charge in [-0.2, -0.15) is 4.39 Å². The van der Waals surface area contributed by atoms with Gasteiger partial charge in [-0.3, -0.25) is 14.4 Å². The topological polar surface area (TPSA) is 109 Å². The van der Waals surface area contributed by atoms with Gasteiger partial charge in [-0.1, -0.05) is 11.6 Å². The molecule has 3 heterocycles. The molecule has 0 saturated carbocycles. The van der Waals surface area contributed by atoms with E-state index in [1.807, 2.05) is 4.90 Å². The number of methoxy groups -OCH3 is 1. The zero-order valence-corrected chi connectivity index (χ0v) is 23.3. The van der Waals surface area contributed by atoms with Crippen LogP contribution in [0.1, 0.15) is 27.4 Å². The van der Waals surface area contributed by atoms with Crippen molar-refractivity contribution in [2.45, 2.75) is 6.42 Å². The highest BCUT2D eigenvalue weighted by Gasteiger charge is 2.31. The maximum atomic E-state index is 14.6. The Kier molecular flexibility index (Phi) is 8.22. The number of halogens is 3. The van der Waals surface area contributed by atoms with Gasteiger partial charge in [0.15, 0.2) is 17.4 Å². The van der Waals surface area contributed by atoms with Gasteiger partial charge in [0.2, 0.25) is 11.7 Å². The summed E-state index contributed by atoms with van der Waals surface area (Å²) in [6, 6.07) is 7.17. The first-order valence-corrected chi connectivity index (χ1v) is 13.5. The number of hydrogen-bond acceptors (Lipinski definition) is 6. The van der Waals surface area contributed by atoms with Gasteiger partial charge in [-0.25, -0.2) is 9.37 Å². The third-order valence-corrected chi connectivity index (χ3v) is 7.79. The SMILES string of the molecule is COc1ccc(-c2cnc(C(=O)Nc3ccc(C(=O)N4CCN(C(=O)[C@@H]5CCNC5)CC4)c(Cl)c3)n2C)c(F)c1F. The molecule has 2 N–H and O–H groups in total. The summed E-state index contributed by atoms with van der Waals surface area (Å²) in [5.74, 6) is -3.29. The van der Waals surface area contributed by atoms with Crippen molar-refractivity contribution in [2.24, 2.45) is 13.0 Å². The van der Waals surface area contributed by atoms with Crippen LogP contribution in [0, 0.1) is 17.6 Å². The van der Waals surface area contributed by atoms with E-state index in [4.69, 9.17) is 16.3 Å². The molecule has 1 aromatic heterocycles. The zero-order chi connectivity index (χ0) is 29.3. The molecule has 2 fully saturated rings. The fraction of sp³-hybridized carbons (Fsp3) is 0.357. The average molecular weight is 587 g/mol. The number of nitrogens with one attached hydrogen (secondary N) is 2. The van der Waals surface area contributed by atoms with Crippen LogP contribution in [0.3, 0.4) is 0 Å². The summed E-state index contributed by atoms with van der Waals surface area (Å²) in [6.45, 7) is 3.27. The van der Waals surface area contributed by atoms with E-state index in [9.17, 15) is 23.2 Å². The summed E-state index contributed by atoms with van der Waals surface area (Å²) in [5, 5.41) is 6.03. The Labute approximate surface area is 240 Å². The second-order valence-electron chi connectivity index (χ2n) is 9.93. The lowest BCUT2D eigenvalue weighted by Gasteiger charge is -2.36. The van der Waals surface area contributed by atoms with Gasteiger partial charge >= 0.3 is 0 Å². The molecule has 2 saturated heterocycles. The predicted octanol–water partition coefficient (Wildman–Crippen LogP) is 3.17. The van der Waals surface area contributed by atoms with Gasteiger partial charge < -0.3 is 29.7 Å². The number of aromatic nitrogens is 2. The number of carbonyl (C=O) groups is 3. The first kappa shape index (κ1) is 28.5. The van der Waals surface area contributed by atoms with Crippen LogP contribution in [0.15, 0.2) is 36.5 Å². The number of carbonyl (C=O) groups excluding carboxylic acids is 3. The lowest BCUT2D eigenvalue weighted by Crippen LogP contribution is -2.52. The Morgan fingerprint density at radius 2 is 1.80 bits per heavy atom. The van der Waals surface area contributed by atoms with Gasteiger partial charge in [-0.15, -0.1) is 0 Å². The number of piperazine rings is 1. The molecule has 216 valence electrons. The second-order valence-corrected chi connectivity index (χ2v) is 10.3. The van der Waals surface area contributed by atoms with E-state index in [2.05, 4.69) is 15.6 Å². The summed E-state index contributed by atoms with van der Waals surface area (Å²) in [7, 11) is 2.74. The van der Waals surface area contributed by atoms with Crippen LogP contribution in [0.25, 0.3) is 11.3 Å². The predicted molar refractivity (Wildman–Crippen MR) is 148 cm³/mol. The van der Waals surface area contributed by atoms with Crippen molar-refractivity contribution >= 4 is 35.0 Å². The van der Waals surface area contributed by atoms with Crippen LogP contribution >= 0.6 is 11.6 Å². The van der Waals surface area contributed by atoms with Crippen LogP contribution in [-0.2, 0) is 11.8 Å². The van der Waals surface area contributed by atoms with Crippen molar-refractivity contribution in [3.05, 3.63) is 64.6 Å². The highest BCUT2D eigenvalue weighted by atomic mass is 35.5. The van der Waals surface area contributed by atoms with E-state index in [0.29, 0.717) is 38.4 Å². The van der Waals surface area contributed by atoms with Gasteiger partial charge in [-0.05, 0) is 43.3 Å². The van der Waals surface area contributed by atoms with Gasteiger partial charge in [0, 0.05) is 51.0 Å². The molecule has 3 aromatic rings. The van der Waals surface area contributed by atoms with Crippen LogP contribution in [-0.4, -0.2) is 83.5 Å². The third kappa shape index (κ3) is 5.62. The number of rotatable bonds is 6. The zero-order valence-electron chi connectivity index (χ0n) is 22.5. The minimum atomic E-state index is -1.14. The Balaban J connectivity index is 1.23. The molecule has 10 nitrogen and oxygen atoms in total. The Bertz CT molecular complexity index is 1500. The molecule has 0 unspecified atom stereocenters. The highest BCUT2D eigenvalue weighted by Crippen LogP contribution is 2.30. The molecule has 1 atom stereocenters. The van der Waals surface area contributed by atoms with E-state index in [1.54, 1.807) is 11.0 Å². The van der Waals surface area contributed by atoms with Crippen molar-refractivity contribution in [1.29, 1.82) is 0 Å². The lowest BCUT2D eigenvalue weighted by molar-refractivity contribution is -0.136. The third-order valence-electron chi connectivity index (χ3n) is 7.48. The van der Waals surface area contributed by atoms with Crippen molar-refractivity contribution in [1.82, 2.24) is 24.7 Å². The molecule has 41 heavy (non-hydrogen) atoms. The maximum absolute atomic E-state index is 14.6. The van der Waals surface area contributed by atoms with Crippen molar-refractivity contribution < 1.29 is 27.9 Å². The number of ether oxygens (including phenoxy) is 1. The molecule has 0 aliphatic carbocycles. The largest absolute Gasteiger partial charge is 0.494 e. The maximum Gasteiger partial charge on any atom is 0.291 e. The van der Waals surface area contributed by atoms with Crippen molar-refractivity contribution in [3.8, 4) is 17.0 Å². The molecule has 5 rings (SSSR count). The summed E-state index contributed by atoms with van der Waals surface area (Å²) in [4.78, 5) is 46.3. The number of anilines is 1. The molecule has 0 radical (unpaired) electrons. The van der Waals surface area contributed by atoms with Crippen LogP contribution in [0.5, 0.6) is 5.75 Å². The molecular weight excluding hydrogens is 558 g/mol. The first-order chi connectivity index (χ1) is 19.7. The first-order valence-electron chi connectivity index (χ1n) is 13.1. The number of imidazole rings is 1. The average Bonchev–Trinajstić information content (AvgIpc) is 3.64. The second kappa shape index (κ2) is 11.8. The minimum Gasteiger partial charge on any atom is -0.494 e. The quantitative estimate of drug-likeness (QED) is 0.459. The fourth-order valence-electron chi connectivity index (χ4n) is 5.14. The number of benzene rings is 2. The van der Waals surface area contributed by atoms with Gasteiger partial charge in [0.1, 0.15) is 0 Å². The van der Waals surface area contributed by atoms with Crippen LogP contribution in [0.2, 0.25) is 5.02 Å². The molecule has 3 amide bonds. The number of nitrogens with zero attached hydrogens (tertiary/aromatic N) is 4. The summed E-state index contributed by atoms with van der Waals surface area (Å²) >= 11 is 6.43. The van der Waals surface area contributed by atoms with E-state index >= 15 is 0 Å². The van der Waals surface area contributed by atoms with Gasteiger partial charge in [0.25, 0.3) is 11.8 Å². The molecule has 2 aliphatic heterocycles. The molecule has 0 bridgehead atoms. The summed E-state index contributed by atoms with van der Waals surface area (Å²) in [6.07, 6.45) is 2.10. The molecule has 13 heteroatoms. The lowest BCUT2D eigenvalue weighted by atomic mass is 10.1. The van der Waals surface area contributed by atoms with Crippen LogP contribution < -0.4 is 15.4 Å². The van der Waals surface area contributed by atoms with E-state index in [1.165, 1.54) is 49.2 Å². The van der Waals surface area contributed by atoms with E-state index < -0.39 is 17.5 Å². The Hall–Kier alpha value is -4.03. The van der Waals surface area contributed by atoms with Crippen LogP contribution in [0.4, 0.5) is 14.5 Å². The molecular formula is C28H29ClF2N6O4. The standard InChI is InChI=1S/C28H29ClF2N6O4/c1-35-21(19-5-6-22(41-2)24(31)23(19)30)15-33-25(35)26(38)34-17-3-4-18(20(29)13-17)28(40)37-11-9-36(10-12-37)27(39)16-7-8-32-14-16/h3-6,13,15-16,32H,7-12,14H2,1-2H3,(H,34,38)/t16-/m1/s1. The Morgan fingerprint density at radius 1 is 1.07 bits per heavy atom. The highest BCUT2D eigenvalue weighted by molar-refractivity contribution is 6.34. The molecule has 2 aromatic carbocycles. The van der Waals surface area contributed by atoms with E-state index in [0.717, 1.165) is 13.0 Å². The van der Waals surface area contributed by atoms with Crippen molar-refractivity contribution in [3.63, 3.8) is 0 Å². The summed E-state index contributed by atoms with van der Waals surface area (Å²) in [5.41, 5.74) is 0.711.